The minimum atomic E-state index is -4.31. The zero-order chi connectivity index (χ0) is 15.5. The molecule has 1 aromatic carbocycles. The van der Waals surface area contributed by atoms with Gasteiger partial charge in [-0.15, -0.1) is 0 Å². The van der Waals surface area contributed by atoms with Crippen molar-refractivity contribution in [3.8, 4) is 0 Å². The molecule has 0 saturated carbocycles. The summed E-state index contributed by atoms with van der Waals surface area (Å²) in [5.74, 6) is 0.917. The molecule has 5 heteroatoms. The molecule has 1 heterocycles. The highest BCUT2D eigenvalue weighted by Gasteiger charge is 2.30. The van der Waals surface area contributed by atoms with E-state index in [9.17, 15) is 13.2 Å². The van der Waals surface area contributed by atoms with Crippen LogP contribution in [0.2, 0.25) is 0 Å². The first-order valence-electron chi connectivity index (χ1n) is 7.25. The molecule has 2 nitrogen and oxygen atoms in total. The van der Waals surface area contributed by atoms with Crippen LogP contribution in [0.15, 0.2) is 34.3 Å². The van der Waals surface area contributed by atoms with Gasteiger partial charge in [-0.2, -0.15) is 13.2 Å². The third kappa shape index (κ3) is 3.71. The van der Waals surface area contributed by atoms with Crippen molar-refractivity contribution in [2.24, 2.45) is 15.9 Å². The van der Waals surface area contributed by atoms with Crippen molar-refractivity contribution in [2.45, 2.75) is 39.3 Å². The van der Waals surface area contributed by atoms with E-state index in [1.165, 1.54) is 12.1 Å². The molecule has 0 aromatic heterocycles. The van der Waals surface area contributed by atoms with E-state index in [2.05, 4.69) is 23.8 Å². The quantitative estimate of drug-likeness (QED) is 0.767. The van der Waals surface area contributed by atoms with Gasteiger partial charge in [0.05, 0.1) is 5.56 Å². The highest BCUT2D eigenvalue weighted by atomic mass is 19.4. The molecule has 0 bridgehead atoms. The lowest BCUT2D eigenvalue weighted by Gasteiger charge is -2.21. The second-order valence-electron chi connectivity index (χ2n) is 5.20. The molecule has 0 spiro atoms. The molecule has 0 aliphatic carbocycles. The van der Waals surface area contributed by atoms with E-state index in [1.807, 2.05) is 0 Å². The Bertz CT molecular complexity index is 542. The zero-order valence-electron chi connectivity index (χ0n) is 12.2. The normalized spacial score (nSPS) is 19.2. The van der Waals surface area contributed by atoms with Gasteiger partial charge in [-0.1, -0.05) is 32.4 Å². The minimum Gasteiger partial charge on any atom is -0.266 e. The molecule has 21 heavy (non-hydrogen) atoms. The highest BCUT2D eigenvalue weighted by molar-refractivity contribution is 6.09. The number of nitrogens with zero attached hydrogens (tertiary/aromatic N) is 2. The van der Waals surface area contributed by atoms with Crippen molar-refractivity contribution >= 4 is 11.5 Å². The number of alkyl halides is 3. The van der Waals surface area contributed by atoms with Crippen LogP contribution in [0, 0.1) is 5.92 Å². The number of hydrogen-bond acceptors (Lipinski definition) is 2. The van der Waals surface area contributed by atoms with Crippen LogP contribution in [0.3, 0.4) is 0 Å². The second-order valence-corrected chi connectivity index (χ2v) is 5.20. The van der Waals surface area contributed by atoms with Crippen LogP contribution in [0.4, 0.5) is 13.2 Å². The summed E-state index contributed by atoms with van der Waals surface area (Å²) in [5.41, 5.74) is 1.11. The summed E-state index contributed by atoms with van der Waals surface area (Å²) in [4.78, 5) is 9.00. The minimum absolute atomic E-state index is 0.364. The molecule has 2 rings (SSSR count). The second kappa shape index (κ2) is 6.41. The fraction of sp³-hybridized carbons (Fsp3) is 0.500. The largest absolute Gasteiger partial charge is 0.416 e. The van der Waals surface area contributed by atoms with Crippen molar-refractivity contribution in [3.05, 3.63) is 35.4 Å². The Morgan fingerprint density at radius 2 is 1.81 bits per heavy atom. The van der Waals surface area contributed by atoms with E-state index >= 15 is 0 Å². The molecule has 0 fully saturated rings. The van der Waals surface area contributed by atoms with Crippen molar-refractivity contribution < 1.29 is 13.2 Å². The van der Waals surface area contributed by atoms with Crippen molar-refractivity contribution in [3.63, 3.8) is 0 Å². The third-order valence-electron chi connectivity index (χ3n) is 3.65. The van der Waals surface area contributed by atoms with Crippen LogP contribution in [-0.4, -0.2) is 18.1 Å². The Labute approximate surface area is 122 Å². The Hall–Kier alpha value is -1.65. The molecule has 0 radical (unpaired) electrons. The van der Waals surface area contributed by atoms with Gasteiger partial charge in [-0.25, -0.2) is 4.99 Å². The van der Waals surface area contributed by atoms with E-state index < -0.39 is 11.7 Å². The Balaban J connectivity index is 2.24. The summed E-state index contributed by atoms with van der Waals surface area (Å²) >= 11 is 0. The standard InChI is InChI=1S/C16H19F3N2/c1-3-5-14-11(4-2)10-20-15(21-14)12-6-8-13(9-7-12)16(17,18)19/h6-9,11H,3-5,10H2,1-2H3. The van der Waals surface area contributed by atoms with Gasteiger partial charge in [0.15, 0.2) is 5.84 Å². The number of halogens is 3. The molecule has 1 aliphatic heterocycles. The predicted octanol–water partition coefficient (Wildman–Crippen LogP) is 4.73. The maximum atomic E-state index is 12.6. The van der Waals surface area contributed by atoms with Gasteiger partial charge in [-0.3, -0.25) is 4.99 Å². The average molecular weight is 296 g/mol. The molecule has 1 unspecified atom stereocenters. The molecule has 1 atom stereocenters. The zero-order valence-corrected chi connectivity index (χ0v) is 12.2. The SMILES string of the molecule is CCCC1=NC(c2ccc(C(F)(F)F)cc2)=NCC1CC. The van der Waals surface area contributed by atoms with Crippen LogP contribution < -0.4 is 0 Å². The van der Waals surface area contributed by atoms with Gasteiger partial charge in [-0.05, 0) is 25.0 Å². The van der Waals surface area contributed by atoms with Gasteiger partial charge < -0.3 is 0 Å². The first-order valence-corrected chi connectivity index (χ1v) is 7.25. The Kier molecular flexibility index (Phi) is 4.80. The fourth-order valence-electron chi connectivity index (χ4n) is 2.41. The summed E-state index contributed by atoms with van der Waals surface area (Å²) < 4.78 is 37.7. The molecule has 114 valence electrons. The summed E-state index contributed by atoms with van der Waals surface area (Å²) in [7, 11) is 0. The molecule has 1 aliphatic rings. The fourth-order valence-corrected chi connectivity index (χ4v) is 2.41. The summed E-state index contributed by atoms with van der Waals surface area (Å²) in [6.07, 6.45) is -1.40. The first-order chi connectivity index (χ1) is 9.95. The monoisotopic (exact) mass is 296 g/mol. The molecule has 0 N–H and O–H groups in total. The summed E-state index contributed by atoms with van der Waals surface area (Å²) in [5, 5.41) is 0. The van der Waals surface area contributed by atoms with Crippen molar-refractivity contribution in [1.29, 1.82) is 0 Å². The number of amidine groups is 1. The van der Waals surface area contributed by atoms with Crippen LogP contribution >= 0.6 is 0 Å². The van der Waals surface area contributed by atoms with E-state index in [-0.39, 0.29) is 0 Å². The van der Waals surface area contributed by atoms with Gasteiger partial charge in [0, 0.05) is 23.7 Å². The van der Waals surface area contributed by atoms with Crippen LogP contribution in [0.1, 0.15) is 44.2 Å². The van der Waals surface area contributed by atoms with Gasteiger partial charge in [0.2, 0.25) is 0 Å². The van der Waals surface area contributed by atoms with Gasteiger partial charge in [0.25, 0.3) is 0 Å². The first kappa shape index (κ1) is 15.7. The predicted molar refractivity (Wildman–Crippen MR) is 79.0 cm³/mol. The van der Waals surface area contributed by atoms with E-state index in [1.54, 1.807) is 0 Å². The topological polar surface area (TPSA) is 24.7 Å². The smallest absolute Gasteiger partial charge is 0.266 e. The van der Waals surface area contributed by atoms with E-state index in [0.717, 1.165) is 37.1 Å². The average Bonchev–Trinajstić information content (AvgIpc) is 2.47. The third-order valence-corrected chi connectivity index (χ3v) is 3.65. The number of hydrogen-bond donors (Lipinski definition) is 0. The highest BCUT2D eigenvalue weighted by Crippen LogP contribution is 2.29. The molecule has 1 aromatic rings. The van der Waals surface area contributed by atoms with Crippen molar-refractivity contribution in [1.82, 2.24) is 0 Å². The lowest BCUT2D eigenvalue weighted by atomic mass is 9.95. The number of aliphatic imine (C=N–C) groups is 2. The van der Waals surface area contributed by atoms with Crippen LogP contribution in [-0.2, 0) is 6.18 Å². The maximum absolute atomic E-state index is 12.6. The maximum Gasteiger partial charge on any atom is 0.416 e. The van der Waals surface area contributed by atoms with E-state index in [0.29, 0.717) is 23.9 Å². The van der Waals surface area contributed by atoms with Crippen LogP contribution in [0.5, 0.6) is 0 Å². The van der Waals surface area contributed by atoms with Crippen molar-refractivity contribution in [2.75, 3.05) is 6.54 Å². The lowest BCUT2D eigenvalue weighted by Crippen LogP contribution is -2.23. The summed E-state index contributed by atoms with van der Waals surface area (Å²) in [6.45, 7) is 4.87. The summed E-state index contributed by atoms with van der Waals surface area (Å²) in [6, 6.07) is 5.06. The Morgan fingerprint density at radius 3 is 2.33 bits per heavy atom. The number of benzene rings is 1. The van der Waals surface area contributed by atoms with E-state index in [4.69, 9.17) is 0 Å². The molecular formula is C16H19F3N2. The Morgan fingerprint density at radius 1 is 1.14 bits per heavy atom. The molecule has 0 amide bonds. The molecule has 0 saturated heterocycles. The van der Waals surface area contributed by atoms with Gasteiger partial charge in [0.1, 0.15) is 0 Å². The van der Waals surface area contributed by atoms with Crippen LogP contribution in [0.25, 0.3) is 0 Å². The number of rotatable bonds is 4. The molecular weight excluding hydrogens is 277 g/mol. The van der Waals surface area contributed by atoms with Gasteiger partial charge >= 0.3 is 6.18 Å². The lowest BCUT2D eigenvalue weighted by molar-refractivity contribution is -0.137.